The van der Waals surface area contributed by atoms with Crippen molar-refractivity contribution in [1.29, 1.82) is 0 Å². The van der Waals surface area contributed by atoms with Gasteiger partial charge in [-0.25, -0.2) is 0 Å². The third kappa shape index (κ3) is 4.12. The van der Waals surface area contributed by atoms with Crippen molar-refractivity contribution in [3.05, 3.63) is 28.8 Å². The molecule has 6 nitrogen and oxygen atoms in total. The van der Waals surface area contributed by atoms with Crippen molar-refractivity contribution >= 4 is 29.5 Å². The van der Waals surface area contributed by atoms with Crippen LogP contribution < -0.4 is 9.47 Å². The lowest BCUT2D eigenvalue weighted by Gasteiger charge is -2.34. The summed E-state index contributed by atoms with van der Waals surface area (Å²) in [6.07, 6.45) is 5.25. The zero-order valence-electron chi connectivity index (χ0n) is 15.0. The predicted molar refractivity (Wildman–Crippen MR) is 99.5 cm³/mol. The van der Waals surface area contributed by atoms with Gasteiger partial charge in [-0.15, -0.1) is 0 Å². The van der Waals surface area contributed by atoms with E-state index >= 15 is 0 Å². The maximum absolute atomic E-state index is 12.4. The molecule has 7 heteroatoms. The first-order valence-electron chi connectivity index (χ1n) is 8.70. The minimum atomic E-state index is -0.0746. The van der Waals surface area contributed by atoms with Gasteiger partial charge in [0.2, 0.25) is 11.8 Å². The number of hydrogen-bond acceptors (Lipinski definition) is 4. The number of hydrogen-bond donors (Lipinski definition) is 0. The van der Waals surface area contributed by atoms with Crippen molar-refractivity contribution in [1.82, 2.24) is 9.80 Å². The molecular weight excluding hydrogens is 356 g/mol. The van der Waals surface area contributed by atoms with Gasteiger partial charge in [0.15, 0.2) is 11.5 Å². The van der Waals surface area contributed by atoms with E-state index in [-0.39, 0.29) is 17.7 Å². The van der Waals surface area contributed by atoms with Gasteiger partial charge in [0.05, 0.1) is 19.2 Å². The average molecular weight is 379 g/mol. The van der Waals surface area contributed by atoms with Crippen molar-refractivity contribution in [3.63, 3.8) is 0 Å². The quantitative estimate of drug-likeness (QED) is 0.738. The Morgan fingerprint density at radius 3 is 2.31 bits per heavy atom. The van der Waals surface area contributed by atoms with Crippen LogP contribution in [0.2, 0.25) is 5.02 Å². The van der Waals surface area contributed by atoms with Gasteiger partial charge < -0.3 is 19.3 Å². The van der Waals surface area contributed by atoms with Crippen LogP contribution >= 0.6 is 11.6 Å². The van der Waals surface area contributed by atoms with E-state index in [1.165, 1.54) is 20.3 Å². The highest BCUT2D eigenvalue weighted by Gasteiger charge is 2.34. The molecule has 0 unspecified atom stereocenters. The summed E-state index contributed by atoms with van der Waals surface area (Å²) in [6, 6.07) is 3.49. The lowest BCUT2D eigenvalue weighted by atomic mass is 10.1. The van der Waals surface area contributed by atoms with Crippen LogP contribution in [0.1, 0.15) is 18.4 Å². The molecule has 1 aromatic rings. The van der Waals surface area contributed by atoms with Gasteiger partial charge in [-0.1, -0.05) is 11.6 Å². The van der Waals surface area contributed by atoms with Crippen LogP contribution in [0.15, 0.2) is 18.2 Å². The molecule has 1 heterocycles. The number of carbonyl (C=O) groups excluding carboxylic acids is 2. The predicted octanol–water partition coefficient (Wildman–Crippen LogP) is 2.45. The molecule has 3 rings (SSSR count). The van der Waals surface area contributed by atoms with E-state index in [9.17, 15) is 9.59 Å². The van der Waals surface area contributed by atoms with Gasteiger partial charge in [0.1, 0.15) is 0 Å². The zero-order chi connectivity index (χ0) is 18.7. The maximum Gasteiger partial charge on any atom is 0.246 e. The fourth-order valence-corrected chi connectivity index (χ4v) is 3.34. The highest BCUT2D eigenvalue weighted by Crippen LogP contribution is 2.36. The van der Waals surface area contributed by atoms with E-state index in [0.717, 1.165) is 18.4 Å². The van der Waals surface area contributed by atoms with Gasteiger partial charge in [0, 0.05) is 38.2 Å². The lowest BCUT2D eigenvalue weighted by Crippen LogP contribution is -2.50. The number of methoxy groups -OCH3 is 2. The topological polar surface area (TPSA) is 59.1 Å². The Morgan fingerprint density at radius 1 is 1.08 bits per heavy atom. The van der Waals surface area contributed by atoms with Gasteiger partial charge in [-0.05, 0) is 36.6 Å². The Bertz CT molecular complexity index is 722. The van der Waals surface area contributed by atoms with Crippen molar-refractivity contribution in [2.45, 2.75) is 12.8 Å². The molecule has 1 saturated carbocycles. The third-order valence-electron chi connectivity index (χ3n) is 4.70. The molecule has 2 fully saturated rings. The molecule has 0 spiro atoms. The van der Waals surface area contributed by atoms with Crippen molar-refractivity contribution < 1.29 is 19.1 Å². The molecular formula is C19H23ClN2O4. The number of benzene rings is 1. The number of halogens is 1. The lowest BCUT2D eigenvalue weighted by molar-refractivity contribution is -0.138. The van der Waals surface area contributed by atoms with Crippen LogP contribution in [0.3, 0.4) is 0 Å². The summed E-state index contributed by atoms with van der Waals surface area (Å²) in [7, 11) is 3.06. The minimum Gasteiger partial charge on any atom is -0.493 e. The molecule has 0 bridgehead atoms. The molecule has 0 atom stereocenters. The van der Waals surface area contributed by atoms with Crippen molar-refractivity contribution in [2.75, 3.05) is 40.4 Å². The van der Waals surface area contributed by atoms with Crippen LogP contribution in [-0.2, 0) is 9.59 Å². The molecule has 1 aliphatic carbocycles. The second kappa shape index (κ2) is 7.99. The monoisotopic (exact) mass is 378 g/mol. The van der Waals surface area contributed by atoms with E-state index < -0.39 is 0 Å². The summed E-state index contributed by atoms with van der Waals surface area (Å²) < 4.78 is 10.5. The fourth-order valence-electron chi connectivity index (χ4n) is 3.04. The Hall–Kier alpha value is -2.21. The second-order valence-corrected chi connectivity index (χ2v) is 6.90. The molecule has 0 N–H and O–H groups in total. The molecule has 140 valence electrons. The number of carbonyl (C=O) groups is 2. The number of nitrogens with zero attached hydrogens (tertiary/aromatic N) is 2. The zero-order valence-corrected chi connectivity index (χ0v) is 15.8. The molecule has 1 aliphatic heterocycles. The van der Waals surface area contributed by atoms with Gasteiger partial charge in [-0.2, -0.15) is 0 Å². The first kappa shape index (κ1) is 18.6. The Morgan fingerprint density at radius 2 is 1.73 bits per heavy atom. The smallest absolute Gasteiger partial charge is 0.246 e. The number of amides is 2. The highest BCUT2D eigenvalue weighted by molar-refractivity contribution is 6.32. The Balaban J connectivity index is 1.59. The van der Waals surface area contributed by atoms with Gasteiger partial charge in [-0.3, -0.25) is 9.59 Å². The highest BCUT2D eigenvalue weighted by atomic mass is 35.5. The van der Waals surface area contributed by atoms with E-state index in [1.54, 1.807) is 23.1 Å². The molecule has 0 aromatic heterocycles. The third-order valence-corrected chi connectivity index (χ3v) is 4.98. The summed E-state index contributed by atoms with van der Waals surface area (Å²) in [5.41, 5.74) is 0.753. The summed E-state index contributed by atoms with van der Waals surface area (Å²) >= 11 is 6.18. The van der Waals surface area contributed by atoms with Crippen LogP contribution in [0, 0.1) is 5.92 Å². The first-order valence-corrected chi connectivity index (χ1v) is 9.08. The number of piperazine rings is 1. The summed E-state index contributed by atoms with van der Waals surface area (Å²) in [6.45, 7) is 2.34. The maximum atomic E-state index is 12.4. The molecule has 26 heavy (non-hydrogen) atoms. The Labute approximate surface area is 158 Å². The molecule has 1 aromatic carbocycles. The van der Waals surface area contributed by atoms with Crippen LogP contribution in [0.5, 0.6) is 11.5 Å². The largest absolute Gasteiger partial charge is 0.493 e. The van der Waals surface area contributed by atoms with E-state index in [0.29, 0.717) is 42.7 Å². The van der Waals surface area contributed by atoms with E-state index in [2.05, 4.69) is 0 Å². The van der Waals surface area contributed by atoms with Crippen LogP contribution in [0.4, 0.5) is 0 Å². The summed E-state index contributed by atoms with van der Waals surface area (Å²) in [5, 5.41) is 0.422. The van der Waals surface area contributed by atoms with Gasteiger partial charge >= 0.3 is 0 Å². The summed E-state index contributed by atoms with van der Waals surface area (Å²) in [4.78, 5) is 28.1. The van der Waals surface area contributed by atoms with Crippen molar-refractivity contribution in [3.8, 4) is 11.5 Å². The molecule has 2 amide bonds. The van der Waals surface area contributed by atoms with E-state index in [1.807, 2.05) is 4.90 Å². The molecule has 2 aliphatic rings. The van der Waals surface area contributed by atoms with Crippen LogP contribution in [-0.4, -0.2) is 62.0 Å². The number of ether oxygens (including phenoxy) is 2. The summed E-state index contributed by atoms with van der Waals surface area (Å²) in [5.74, 6) is 1.38. The van der Waals surface area contributed by atoms with Gasteiger partial charge in [0.25, 0.3) is 0 Å². The second-order valence-electron chi connectivity index (χ2n) is 6.50. The average Bonchev–Trinajstić information content (AvgIpc) is 3.50. The molecule has 0 radical (unpaired) electrons. The molecule has 1 saturated heterocycles. The van der Waals surface area contributed by atoms with Crippen molar-refractivity contribution in [2.24, 2.45) is 5.92 Å². The standard InChI is InChI=1S/C19H23ClN2O4/c1-25-16-12-13(11-15(20)18(16)26-2)3-6-17(23)21-7-9-22(10-8-21)19(24)14-4-5-14/h3,6,11-12,14H,4-5,7-10H2,1-2H3. The number of rotatable bonds is 5. The first-order chi connectivity index (χ1) is 12.5. The fraction of sp³-hybridized carbons (Fsp3) is 0.474. The van der Waals surface area contributed by atoms with Crippen LogP contribution in [0.25, 0.3) is 6.08 Å². The SMILES string of the molecule is COc1cc(C=CC(=O)N2CCN(C(=O)C3CC3)CC2)cc(Cl)c1OC. The van der Waals surface area contributed by atoms with E-state index in [4.69, 9.17) is 21.1 Å². The normalized spacial score (nSPS) is 17.5. The minimum absolute atomic E-state index is 0.0746. The Kier molecular flexibility index (Phi) is 5.71.